The lowest BCUT2D eigenvalue weighted by Crippen LogP contribution is -2.39. The molecule has 2 N–H and O–H groups in total. The lowest BCUT2D eigenvalue weighted by Gasteiger charge is -2.24. The minimum atomic E-state index is -4.54. The highest BCUT2D eigenvalue weighted by Crippen LogP contribution is 2.36. The molecule has 0 saturated carbocycles. The number of hydrogen-bond donors (Lipinski definition) is 2. The molecule has 0 bridgehead atoms. The maximum atomic E-state index is 13.3. The fourth-order valence-corrected chi connectivity index (χ4v) is 3.38. The number of nitrogens with one attached hydrogen (secondary N) is 2. The predicted molar refractivity (Wildman–Crippen MR) is 85.7 cm³/mol. The van der Waals surface area contributed by atoms with E-state index in [-0.39, 0.29) is 29.9 Å². The average Bonchev–Trinajstić information content (AvgIpc) is 3.04. The van der Waals surface area contributed by atoms with E-state index in [1.165, 1.54) is 0 Å². The SMILES string of the molecule is C[C@@H]1CCc2nc(NNC(=O)CN3CCCC3)nc(C(F)(F)F)c2C1. The summed E-state index contributed by atoms with van der Waals surface area (Å²) >= 11 is 0. The summed E-state index contributed by atoms with van der Waals surface area (Å²) in [6.45, 7) is 3.85. The normalized spacial score (nSPS) is 21.0. The van der Waals surface area contributed by atoms with Crippen molar-refractivity contribution < 1.29 is 18.0 Å². The number of amides is 1. The van der Waals surface area contributed by atoms with E-state index in [9.17, 15) is 18.0 Å². The molecule has 138 valence electrons. The van der Waals surface area contributed by atoms with Gasteiger partial charge >= 0.3 is 6.18 Å². The molecule has 1 aliphatic carbocycles. The molecule has 2 heterocycles. The first-order valence-electron chi connectivity index (χ1n) is 8.57. The largest absolute Gasteiger partial charge is 0.433 e. The number of aryl methyl sites for hydroxylation is 1. The molecule has 25 heavy (non-hydrogen) atoms. The van der Waals surface area contributed by atoms with Crippen molar-refractivity contribution in [2.24, 2.45) is 5.92 Å². The second kappa shape index (κ2) is 7.15. The highest BCUT2D eigenvalue weighted by molar-refractivity contribution is 5.79. The molecule has 1 amide bonds. The summed E-state index contributed by atoms with van der Waals surface area (Å²) in [6, 6.07) is 0. The molecular weight excluding hydrogens is 335 g/mol. The number of alkyl halides is 3. The van der Waals surface area contributed by atoms with Gasteiger partial charge in [0.25, 0.3) is 5.91 Å². The van der Waals surface area contributed by atoms with Crippen molar-refractivity contribution in [3.05, 3.63) is 17.0 Å². The summed E-state index contributed by atoms with van der Waals surface area (Å²) in [5, 5.41) is 0. The third kappa shape index (κ3) is 4.39. The number of nitrogens with zero attached hydrogens (tertiary/aromatic N) is 3. The summed E-state index contributed by atoms with van der Waals surface area (Å²) in [5.74, 6) is -0.350. The van der Waals surface area contributed by atoms with E-state index in [0.29, 0.717) is 18.5 Å². The number of fused-ring (bicyclic) bond motifs is 1. The highest BCUT2D eigenvalue weighted by atomic mass is 19.4. The van der Waals surface area contributed by atoms with Gasteiger partial charge in [-0.05, 0) is 51.1 Å². The number of anilines is 1. The highest BCUT2D eigenvalue weighted by Gasteiger charge is 2.38. The maximum Gasteiger partial charge on any atom is 0.433 e. The first kappa shape index (κ1) is 17.9. The van der Waals surface area contributed by atoms with Gasteiger partial charge in [0.1, 0.15) is 0 Å². The number of carbonyl (C=O) groups excluding carboxylic acids is 1. The van der Waals surface area contributed by atoms with Crippen LogP contribution in [0.2, 0.25) is 0 Å². The van der Waals surface area contributed by atoms with Crippen molar-refractivity contribution in [2.75, 3.05) is 25.1 Å². The molecule has 9 heteroatoms. The molecule has 0 spiro atoms. The first-order valence-corrected chi connectivity index (χ1v) is 8.57. The van der Waals surface area contributed by atoms with Gasteiger partial charge in [-0.25, -0.2) is 9.97 Å². The van der Waals surface area contributed by atoms with Crippen LogP contribution >= 0.6 is 0 Å². The van der Waals surface area contributed by atoms with Gasteiger partial charge in [-0.15, -0.1) is 0 Å². The third-order valence-electron chi connectivity index (χ3n) is 4.67. The van der Waals surface area contributed by atoms with E-state index in [2.05, 4.69) is 20.8 Å². The van der Waals surface area contributed by atoms with Gasteiger partial charge in [-0.3, -0.25) is 20.5 Å². The van der Waals surface area contributed by atoms with Gasteiger partial charge in [-0.1, -0.05) is 6.92 Å². The van der Waals surface area contributed by atoms with Crippen molar-refractivity contribution in [2.45, 2.75) is 45.2 Å². The van der Waals surface area contributed by atoms with E-state index in [0.717, 1.165) is 32.4 Å². The van der Waals surface area contributed by atoms with Crippen molar-refractivity contribution >= 4 is 11.9 Å². The second-order valence-electron chi connectivity index (χ2n) is 6.82. The maximum absolute atomic E-state index is 13.3. The van der Waals surface area contributed by atoms with Crippen molar-refractivity contribution in [1.82, 2.24) is 20.3 Å². The van der Waals surface area contributed by atoms with E-state index in [1.54, 1.807) is 0 Å². The molecule has 0 aromatic carbocycles. The molecule has 1 aromatic heterocycles. The Morgan fingerprint density at radius 3 is 2.68 bits per heavy atom. The Labute approximate surface area is 144 Å². The lowest BCUT2D eigenvalue weighted by atomic mass is 9.87. The quantitative estimate of drug-likeness (QED) is 0.808. The Morgan fingerprint density at radius 2 is 2.00 bits per heavy atom. The number of hydrogen-bond acceptors (Lipinski definition) is 5. The first-order chi connectivity index (χ1) is 11.8. The number of halogens is 3. The zero-order valence-corrected chi connectivity index (χ0v) is 14.1. The van der Waals surface area contributed by atoms with Crippen LogP contribution in [0.4, 0.5) is 19.1 Å². The Kier molecular flexibility index (Phi) is 5.12. The van der Waals surface area contributed by atoms with Crippen LogP contribution in [0.1, 0.15) is 43.1 Å². The Bertz CT molecular complexity index is 643. The standard InChI is InChI=1S/C16H22F3N5O/c1-10-4-5-12-11(8-10)14(16(17,18)19)21-15(20-12)23-22-13(25)9-24-6-2-3-7-24/h10H,2-9H2,1H3,(H,22,25)(H,20,21,23)/t10-/m1/s1. The van der Waals surface area contributed by atoms with E-state index >= 15 is 0 Å². The summed E-state index contributed by atoms with van der Waals surface area (Å²) in [5.41, 5.74) is 4.53. The molecule has 3 rings (SSSR count). The topological polar surface area (TPSA) is 70.2 Å². The van der Waals surface area contributed by atoms with Crippen LogP contribution in [0.15, 0.2) is 0 Å². The minimum Gasteiger partial charge on any atom is -0.294 e. The monoisotopic (exact) mass is 357 g/mol. The van der Waals surface area contributed by atoms with Gasteiger partial charge in [0.05, 0.1) is 6.54 Å². The Balaban J connectivity index is 1.72. The van der Waals surface area contributed by atoms with Crippen LogP contribution in [0.5, 0.6) is 0 Å². The zero-order chi connectivity index (χ0) is 18.0. The van der Waals surface area contributed by atoms with Gasteiger partial charge in [0.2, 0.25) is 5.95 Å². The molecule has 0 unspecified atom stereocenters. The molecule has 1 aromatic rings. The van der Waals surface area contributed by atoms with Gasteiger partial charge in [-0.2, -0.15) is 13.2 Å². The van der Waals surface area contributed by atoms with Crippen LogP contribution in [0.25, 0.3) is 0 Å². The molecular formula is C16H22F3N5O. The van der Waals surface area contributed by atoms with Crippen LogP contribution in [-0.2, 0) is 23.8 Å². The number of aromatic nitrogens is 2. The number of hydrazine groups is 1. The minimum absolute atomic E-state index is 0.177. The Hall–Kier alpha value is -1.90. The van der Waals surface area contributed by atoms with Crippen LogP contribution in [0.3, 0.4) is 0 Å². The van der Waals surface area contributed by atoms with Crippen molar-refractivity contribution in [3.8, 4) is 0 Å². The summed E-state index contributed by atoms with van der Waals surface area (Å²) in [6.07, 6.45) is -0.823. The van der Waals surface area contributed by atoms with Gasteiger partial charge in [0, 0.05) is 11.3 Å². The van der Waals surface area contributed by atoms with Gasteiger partial charge in [0.15, 0.2) is 5.69 Å². The summed E-state index contributed by atoms with van der Waals surface area (Å²) in [4.78, 5) is 21.7. The lowest BCUT2D eigenvalue weighted by molar-refractivity contribution is -0.142. The summed E-state index contributed by atoms with van der Waals surface area (Å²) < 4.78 is 40.0. The van der Waals surface area contributed by atoms with E-state index in [4.69, 9.17) is 0 Å². The van der Waals surface area contributed by atoms with Crippen molar-refractivity contribution in [1.29, 1.82) is 0 Å². The molecule has 0 radical (unpaired) electrons. The molecule has 2 aliphatic rings. The average molecular weight is 357 g/mol. The number of carbonyl (C=O) groups is 1. The van der Waals surface area contributed by atoms with Crippen molar-refractivity contribution in [3.63, 3.8) is 0 Å². The van der Waals surface area contributed by atoms with Crippen LogP contribution < -0.4 is 10.9 Å². The zero-order valence-electron chi connectivity index (χ0n) is 14.1. The molecule has 1 atom stereocenters. The summed E-state index contributed by atoms with van der Waals surface area (Å²) in [7, 11) is 0. The second-order valence-corrected chi connectivity index (χ2v) is 6.82. The Morgan fingerprint density at radius 1 is 1.28 bits per heavy atom. The van der Waals surface area contributed by atoms with Crippen LogP contribution in [0, 0.1) is 5.92 Å². The molecule has 1 aliphatic heterocycles. The molecule has 1 fully saturated rings. The fourth-order valence-electron chi connectivity index (χ4n) is 3.38. The fraction of sp³-hybridized carbons (Fsp3) is 0.688. The van der Waals surface area contributed by atoms with E-state index in [1.807, 2.05) is 11.8 Å². The molecule has 6 nitrogen and oxygen atoms in total. The third-order valence-corrected chi connectivity index (χ3v) is 4.67. The predicted octanol–water partition coefficient (Wildman–Crippen LogP) is 2.16. The number of likely N-dealkylation sites (tertiary alicyclic amines) is 1. The van der Waals surface area contributed by atoms with Crippen LogP contribution in [-0.4, -0.2) is 40.4 Å². The number of rotatable bonds is 4. The molecule has 1 saturated heterocycles. The van der Waals surface area contributed by atoms with Gasteiger partial charge < -0.3 is 0 Å². The smallest absolute Gasteiger partial charge is 0.294 e. The van der Waals surface area contributed by atoms with E-state index < -0.39 is 11.9 Å².